The summed E-state index contributed by atoms with van der Waals surface area (Å²) < 4.78 is 27.8. The lowest BCUT2D eigenvalue weighted by Gasteiger charge is -2.16. The number of benzene rings is 4. The van der Waals surface area contributed by atoms with Gasteiger partial charge in [-0.25, -0.2) is 19.4 Å². The smallest absolute Gasteiger partial charge is 0.343 e. The van der Waals surface area contributed by atoms with Crippen molar-refractivity contribution in [1.82, 2.24) is 5.32 Å². The lowest BCUT2D eigenvalue weighted by molar-refractivity contribution is -0.145. The largest absolute Gasteiger partial charge is 0.490 e. The van der Waals surface area contributed by atoms with E-state index in [2.05, 4.69) is 10.3 Å². The topological polar surface area (TPSA) is 318 Å². The second-order valence-electron chi connectivity index (χ2n) is 11.4. The third-order valence-electron chi connectivity index (χ3n) is 7.30. The van der Waals surface area contributed by atoms with Crippen molar-refractivity contribution in [2.75, 3.05) is 32.2 Å². The Balaban J connectivity index is 1.39. The van der Waals surface area contributed by atoms with E-state index in [0.29, 0.717) is 11.4 Å². The molecule has 0 spiro atoms. The summed E-state index contributed by atoms with van der Waals surface area (Å²) in [5.41, 5.74) is 22.9. The van der Waals surface area contributed by atoms with Gasteiger partial charge in [0.05, 0.1) is 47.6 Å². The van der Waals surface area contributed by atoms with E-state index in [1.54, 1.807) is 12.1 Å². The molecule has 19 heteroatoms. The molecule has 0 aliphatic carbocycles. The van der Waals surface area contributed by atoms with Crippen LogP contribution in [0.25, 0.3) is 0 Å². The molecule has 2 amide bonds. The fourth-order valence-corrected chi connectivity index (χ4v) is 4.67. The van der Waals surface area contributed by atoms with Crippen LogP contribution in [0.15, 0.2) is 89.9 Å². The number of carbonyl (C=O) groups is 6. The number of carboxylic acid groups (broad SMARTS) is 2. The van der Waals surface area contributed by atoms with Gasteiger partial charge < -0.3 is 62.1 Å². The molecule has 0 fully saturated rings. The summed E-state index contributed by atoms with van der Waals surface area (Å²) >= 11 is 0. The summed E-state index contributed by atoms with van der Waals surface area (Å²) in [5, 5.41) is 20.6. The molecule has 4 aromatic rings. The van der Waals surface area contributed by atoms with Gasteiger partial charge in [-0.3, -0.25) is 14.4 Å². The van der Waals surface area contributed by atoms with Gasteiger partial charge in [-0.1, -0.05) is 0 Å². The fraction of sp³-hybridized carbons (Fsp3) is 0.162. The van der Waals surface area contributed by atoms with Crippen LogP contribution in [0.2, 0.25) is 0 Å². The van der Waals surface area contributed by atoms with Gasteiger partial charge in [0.15, 0.2) is 5.96 Å². The van der Waals surface area contributed by atoms with Crippen molar-refractivity contribution in [2.45, 2.75) is 12.5 Å². The maximum atomic E-state index is 13.1. The van der Waals surface area contributed by atoms with E-state index in [1.807, 2.05) is 0 Å². The minimum absolute atomic E-state index is 0.0171. The number of guanidine groups is 1. The van der Waals surface area contributed by atoms with Crippen molar-refractivity contribution in [3.8, 4) is 23.0 Å². The van der Waals surface area contributed by atoms with Gasteiger partial charge in [0.25, 0.3) is 11.8 Å². The van der Waals surface area contributed by atoms with Crippen LogP contribution in [0, 0.1) is 0 Å². The molecule has 0 saturated carbocycles. The number of carboxylic acids is 2. The molecule has 292 valence electrons. The van der Waals surface area contributed by atoms with Crippen LogP contribution < -0.4 is 47.2 Å². The van der Waals surface area contributed by atoms with Crippen LogP contribution in [0.5, 0.6) is 23.0 Å². The Labute approximate surface area is 317 Å². The van der Waals surface area contributed by atoms with Crippen LogP contribution in [0.3, 0.4) is 0 Å². The van der Waals surface area contributed by atoms with E-state index in [9.17, 15) is 33.9 Å². The Kier molecular flexibility index (Phi) is 14.2. The average molecular weight is 773 g/mol. The first kappa shape index (κ1) is 41.1. The van der Waals surface area contributed by atoms with Crippen LogP contribution in [0.1, 0.15) is 47.9 Å². The monoisotopic (exact) mass is 772 g/mol. The van der Waals surface area contributed by atoms with E-state index in [0.717, 1.165) is 0 Å². The molecule has 0 heterocycles. The summed E-state index contributed by atoms with van der Waals surface area (Å²) in [6.07, 6.45) is -0.898. The Hall–Kier alpha value is -7.67. The van der Waals surface area contributed by atoms with Gasteiger partial charge >= 0.3 is 23.9 Å². The highest BCUT2D eigenvalue weighted by Crippen LogP contribution is 2.28. The molecule has 4 rings (SSSR count). The van der Waals surface area contributed by atoms with Crippen LogP contribution in [-0.2, 0) is 14.3 Å². The summed E-state index contributed by atoms with van der Waals surface area (Å²) in [6.45, 7) is -0.416. The number of aliphatic imine (C=N–C) groups is 1. The molecular formula is C37H36N6O13. The predicted octanol–water partition coefficient (Wildman–Crippen LogP) is 1.84. The number of nitrogens with one attached hydrogen (secondary N) is 1. The van der Waals surface area contributed by atoms with Gasteiger partial charge in [-0.15, -0.1) is 0 Å². The molecular weight excluding hydrogens is 736 g/mol. The van der Waals surface area contributed by atoms with Crippen molar-refractivity contribution in [3.05, 3.63) is 107 Å². The zero-order chi connectivity index (χ0) is 40.8. The normalized spacial score (nSPS) is 11.0. The molecule has 0 aliphatic rings. The minimum Gasteiger partial charge on any atom is -0.490 e. The lowest BCUT2D eigenvalue weighted by atomic mass is 10.1. The van der Waals surface area contributed by atoms with E-state index < -0.39 is 48.2 Å². The highest BCUT2D eigenvalue weighted by atomic mass is 16.6. The molecule has 19 nitrogen and oxygen atoms in total. The molecule has 56 heavy (non-hydrogen) atoms. The third-order valence-corrected chi connectivity index (χ3v) is 7.30. The number of nitrogens with two attached hydrogens (primary N) is 4. The van der Waals surface area contributed by atoms with Crippen molar-refractivity contribution < 1.29 is 62.7 Å². The zero-order valence-corrected chi connectivity index (χ0v) is 29.3. The zero-order valence-electron chi connectivity index (χ0n) is 29.3. The number of nitrogen functional groups attached to an aromatic ring is 1. The molecule has 4 aromatic carbocycles. The van der Waals surface area contributed by atoms with E-state index >= 15 is 0 Å². The first-order valence-electron chi connectivity index (χ1n) is 16.4. The van der Waals surface area contributed by atoms with E-state index in [-0.39, 0.29) is 77.6 Å². The highest BCUT2D eigenvalue weighted by Gasteiger charge is 2.26. The molecule has 0 bridgehead atoms. The molecule has 0 unspecified atom stereocenters. The number of primary amides is 1. The number of amides is 2. The SMILES string of the molecule is NC(=O)c1ccc(OC(=O)c2ccc(N)cc2)cc1OCCOCCOc1cc(OC(=O)c2ccc(N=C(N)N)cc2)ccc1C(=O)N[C@@H](CC(=O)O)C(=O)O. The summed E-state index contributed by atoms with van der Waals surface area (Å²) in [7, 11) is 0. The molecule has 0 aliphatic heterocycles. The Morgan fingerprint density at radius 1 is 0.661 bits per heavy atom. The van der Waals surface area contributed by atoms with Gasteiger partial charge in [0.1, 0.15) is 42.3 Å². The van der Waals surface area contributed by atoms with Crippen molar-refractivity contribution in [2.24, 2.45) is 22.2 Å². The quantitative estimate of drug-likeness (QED) is 0.0179. The molecule has 1 atom stereocenters. The maximum Gasteiger partial charge on any atom is 0.343 e. The second-order valence-corrected chi connectivity index (χ2v) is 11.4. The number of nitrogens with zero attached hydrogens (tertiary/aromatic N) is 1. The summed E-state index contributed by atoms with van der Waals surface area (Å²) in [5.74, 6) is -6.57. The number of ether oxygens (including phenoxy) is 5. The molecule has 0 radical (unpaired) electrons. The summed E-state index contributed by atoms with van der Waals surface area (Å²) in [4.78, 5) is 77.0. The second kappa shape index (κ2) is 19.4. The van der Waals surface area contributed by atoms with Crippen LogP contribution in [0.4, 0.5) is 11.4 Å². The third kappa shape index (κ3) is 12.2. The number of aliphatic carboxylic acids is 2. The van der Waals surface area contributed by atoms with Crippen LogP contribution in [-0.4, -0.2) is 84.3 Å². The van der Waals surface area contributed by atoms with Gasteiger partial charge in [0, 0.05) is 17.8 Å². The first-order valence-corrected chi connectivity index (χ1v) is 16.4. The molecule has 0 aromatic heterocycles. The molecule has 11 N–H and O–H groups in total. The lowest BCUT2D eigenvalue weighted by Crippen LogP contribution is -2.42. The number of rotatable bonds is 19. The fourth-order valence-electron chi connectivity index (χ4n) is 4.67. The number of carbonyl (C=O) groups excluding carboxylic acids is 4. The first-order chi connectivity index (χ1) is 26.7. The maximum absolute atomic E-state index is 13.1. The summed E-state index contributed by atoms with van der Waals surface area (Å²) in [6, 6.07) is 17.8. The van der Waals surface area contributed by atoms with Gasteiger partial charge in [-0.05, 0) is 72.8 Å². The number of anilines is 1. The van der Waals surface area contributed by atoms with Gasteiger partial charge in [0.2, 0.25) is 0 Å². The van der Waals surface area contributed by atoms with Gasteiger partial charge in [-0.2, -0.15) is 0 Å². The Morgan fingerprint density at radius 2 is 1.16 bits per heavy atom. The predicted molar refractivity (Wildman–Crippen MR) is 197 cm³/mol. The van der Waals surface area contributed by atoms with Crippen molar-refractivity contribution in [3.63, 3.8) is 0 Å². The van der Waals surface area contributed by atoms with Crippen molar-refractivity contribution in [1.29, 1.82) is 0 Å². The minimum atomic E-state index is -1.76. The highest BCUT2D eigenvalue weighted by molar-refractivity contribution is 6.00. The van der Waals surface area contributed by atoms with E-state index in [4.69, 9.17) is 51.7 Å². The van der Waals surface area contributed by atoms with E-state index in [1.165, 1.54) is 72.8 Å². The number of esters is 2. The average Bonchev–Trinajstić information content (AvgIpc) is 3.14. The van der Waals surface area contributed by atoms with Crippen LogP contribution >= 0.6 is 0 Å². The standard InChI is InChI=1S/C37H36N6O13/c38-22-5-1-20(2-6-22)35(50)55-24-9-11-26(32(39)46)29(17-24)53-15-13-52-14-16-54-30-18-25(56-36(51)21-3-7-23(8-4-21)42-37(40)41)10-12-27(30)33(47)43-28(34(48)49)19-31(44)45/h1-12,17-18,28H,13-16,19,38H2,(H2,39,46)(H,43,47)(H,44,45)(H,48,49)(H4,40,41,42)/t28-/m0/s1. The Bertz CT molecular complexity index is 2120. The van der Waals surface area contributed by atoms with Crippen molar-refractivity contribution >= 4 is 53.0 Å². The number of hydrogen-bond acceptors (Lipinski definition) is 13. The molecule has 0 saturated heterocycles. The number of hydrogen-bond donors (Lipinski definition) is 7. The Morgan fingerprint density at radius 3 is 1.64 bits per heavy atom.